The summed E-state index contributed by atoms with van der Waals surface area (Å²) in [5.74, 6) is 3.19. The number of hydrogen-bond acceptors (Lipinski definition) is 2. The molecule has 2 aliphatic rings. The fraction of sp³-hybridized carbons (Fsp3) is 0.846. The van der Waals surface area contributed by atoms with E-state index in [1.54, 1.807) is 0 Å². The Morgan fingerprint density at radius 1 is 1.40 bits per heavy atom. The minimum Gasteiger partial charge on any atom is -0.390 e. The maximum atomic E-state index is 10.5. The summed E-state index contributed by atoms with van der Waals surface area (Å²) in [6.45, 7) is 3.08. The van der Waals surface area contributed by atoms with Crippen LogP contribution in [0.3, 0.4) is 0 Å². The van der Waals surface area contributed by atoms with Crippen LogP contribution in [0.1, 0.15) is 38.5 Å². The van der Waals surface area contributed by atoms with Gasteiger partial charge in [-0.3, -0.25) is 0 Å². The summed E-state index contributed by atoms with van der Waals surface area (Å²) in [7, 11) is 0. The Hall–Kier alpha value is -0.520. The van der Waals surface area contributed by atoms with E-state index < -0.39 is 0 Å². The molecule has 2 heteroatoms. The Morgan fingerprint density at radius 2 is 2.27 bits per heavy atom. The lowest BCUT2D eigenvalue weighted by Gasteiger charge is -2.47. The van der Waals surface area contributed by atoms with Crippen LogP contribution in [0.2, 0.25) is 0 Å². The van der Waals surface area contributed by atoms with Crippen molar-refractivity contribution in [1.29, 1.82) is 0 Å². The maximum Gasteiger partial charge on any atom is 0.0700 e. The molecule has 0 aromatic heterocycles. The molecule has 1 heterocycles. The zero-order chi connectivity index (χ0) is 10.7. The lowest BCUT2D eigenvalue weighted by molar-refractivity contribution is -0.0948. The fourth-order valence-electron chi connectivity index (χ4n) is 3.07. The van der Waals surface area contributed by atoms with Crippen molar-refractivity contribution in [1.82, 2.24) is 4.90 Å². The lowest BCUT2D eigenvalue weighted by atomic mass is 9.71. The average Bonchev–Trinajstić information content (AvgIpc) is 2.26. The van der Waals surface area contributed by atoms with E-state index in [0.29, 0.717) is 5.92 Å². The van der Waals surface area contributed by atoms with Gasteiger partial charge in [-0.15, -0.1) is 12.3 Å². The van der Waals surface area contributed by atoms with Crippen molar-refractivity contribution in [3.63, 3.8) is 0 Å². The van der Waals surface area contributed by atoms with Crippen LogP contribution in [-0.4, -0.2) is 35.2 Å². The zero-order valence-electron chi connectivity index (χ0n) is 9.41. The topological polar surface area (TPSA) is 23.5 Å². The Labute approximate surface area is 92.7 Å². The molecule has 1 aliphatic carbocycles. The molecule has 1 N–H and O–H groups in total. The van der Waals surface area contributed by atoms with E-state index in [-0.39, 0.29) is 5.60 Å². The molecule has 0 spiro atoms. The van der Waals surface area contributed by atoms with Crippen LogP contribution in [0.15, 0.2) is 0 Å². The summed E-state index contributed by atoms with van der Waals surface area (Å²) >= 11 is 0. The van der Waals surface area contributed by atoms with E-state index in [2.05, 4.69) is 10.8 Å². The molecule has 0 bridgehead atoms. The van der Waals surface area contributed by atoms with Gasteiger partial charge in [0.05, 0.1) is 5.60 Å². The summed E-state index contributed by atoms with van der Waals surface area (Å²) in [6.07, 6.45) is 11.8. The first kappa shape index (κ1) is 11.0. The number of terminal acetylenes is 1. The van der Waals surface area contributed by atoms with Crippen LogP contribution in [0.5, 0.6) is 0 Å². The second kappa shape index (κ2) is 4.55. The molecule has 0 aromatic rings. The van der Waals surface area contributed by atoms with E-state index in [4.69, 9.17) is 6.42 Å². The molecule has 2 atom stereocenters. The van der Waals surface area contributed by atoms with Gasteiger partial charge in [0.1, 0.15) is 0 Å². The van der Waals surface area contributed by atoms with E-state index in [1.807, 2.05) is 0 Å². The highest BCUT2D eigenvalue weighted by Gasteiger charge is 2.42. The van der Waals surface area contributed by atoms with Crippen molar-refractivity contribution in [2.24, 2.45) is 5.92 Å². The van der Waals surface area contributed by atoms with E-state index in [1.165, 1.54) is 19.3 Å². The maximum absolute atomic E-state index is 10.5. The molecule has 2 nitrogen and oxygen atoms in total. The second-order valence-corrected chi connectivity index (χ2v) is 5.05. The molecule has 2 unspecified atom stereocenters. The normalized spacial score (nSPS) is 36.9. The number of fused-ring (bicyclic) bond motifs is 1. The van der Waals surface area contributed by atoms with E-state index >= 15 is 0 Å². The molecule has 0 aromatic carbocycles. The van der Waals surface area contributed by atoms with Gasteiger partial charge in [0.2, 0.25) is 0 Å². The van der Waals surface area contributed by atoms with Crippen molar-refractivity contribution >= 4 is 0 Å². The molecule has 2 rings (SSSR count). The number of nitrogens with zero attached hydrogens (tertiary/aromatic N) is 1. The minimum absolute atomic E-state index is 0.342. The van der Waals surface area contributed by atoms with Crippen LogP contribution < -0.4 is 0 Å². The van der Waals surface area contributed by atoms with Gasteiger partial charge in [-0.05, 0) is 19.3 Å². The molecule has 1 saturated carbocycles. The minimum atomic E-state index is -0.342. The highest BCUT2D eigenvalue weighted by Crippen LogP contribution is 2.39. The molecule has 2 fully saturated rings. The molecule has 0 amide bonds. The summed E-state index contributed by atoms with van der Waals surface area (Å²) < 4.78 is 0. The van der Waals surface area contributed by atoms with Gasteiger partial charge >= 0.3 is 0 Å². The number of likely N-dealkylation sites (tertiary alicyclic amines) is 1. The largest absolute Gasteiger partial charge is 0.390 e. The van der Waals surface area contributed by atoms with E-state index in [9.17, 15) is 5.11 Å². The lowest BCUT2D eigenvalue weighted by Crippen LogP contribution is -2.53. The van der Waals surface area contributed by atoms with Crippen molar-refractivity contribution in [2.75, 3.05) is 19.6 Å². The summed E-state index contributed by atoms with van der Waals surface area (Å²) in [5.41, 5.74) is -0.342. The van der Waals surface area contributed by atoms with Gasteiger partial charge in [0.15, 0.2) is 0 Å². The number of rotatable bonds is 2. The predicted molar refractivity (Wildman–Crippen MR) is 61.4 cm³/mol. The molecule has 84 valence electrons. The quantitative estimate of drug-likeness (QED) is 0.696. The van der Waals surface area contributed by atoms with Gasteiger partial charge in [-0.25, -0.2) is 0 Å². The second-order valence-electron chi connectivity index (χ2n) is 5.05. The fourth-order valence-corrected chi connectivity index (χ4v) is 3.07. The highest BCUT2D eigenvalue weighted by atomic mass is 16.3. The van der Waals surface area contributed by atoms with Crippen LogP contribution in [0.25, 0.3) is 0 Å². The van der Waals surface area contributed by atoms with Crippen LogP contribution in [0, 0.1) is 18.3 Å². The molecule has 15 heavy (non-hydrogen) atoms. The third-order valence-corrected chi connectivity index (χ3v) is 4.08. The number of piperidine rings is 1. The summed E-state index contributed by atoms with van der Waals surface area (Å²) in [4.78, 5) is 2.42. The van der Waals surface area contributed by atoms with Gasteiger partial charge in [0.25, 0.3) is 0 Å². The number of aliphatic hydroxyl groups is 1. The van der Waals surface area contributed by atoms with Crippen molar-refractivity contribution in [3.8, 4) is 12.3 Å². The van der Waals surface area contributed by atoms with Gasteiger partial charge in [0, 0.05) is 32.0 Å². The third kappa shape index (κ3) is 2.35. The molecular weight excluding hydrogens is 186 g/mol. The van der Waals surface area contributed by atoms with Crippen LogP contribution in [-0.2, 0) is 0 Å². The predicted octanol–water partition coefficient (Wildman–Crippen LogP) is 1.64. The monoisotopic (exact) mass is 207 g/mol. The highest BCUT2D eigenvalue weighted by molar-refractivity contribution is 4.96. The summed E-state index contributed by atoms with van der Waals surface area (Å²) in [6, 6.07) is 0. The smallest absolute Gasteiger partial charge is 0.0700 e. The Bertz CT molecular complexity index is 258. The van der Waals surface area contributed by atoms with E-state index in [0.717, 1.165) is 38.9 Å². The van der Waals surface area contributed by atoms with Crippen molar-refractivity contribution in [2.45, 2.75) is 44.1 Å². The third-order valence-electron chi connectivity index (χ3n) is 4.08. The first-order chi connectivity index (χ1) is 7.24. The number of hydrogen-bond donors (Lipinski definition) is 1. The summed E-state index contributed by atoms with van der Waals surface area (Å²) in [5, 5.41) is 10.5. The molecular formula is C13H21NO. The van der Waals surface area contributed by atoms with Crippen molar-refractivity contribution < 1.29 is 5.11 Å². The molecule has 1 saturated heterocycles. The first-order valence-electron chi connectivity index (χ1n) is 6.13. The van der Waals surface area contributed by atoms with Gasteiger partial charge < -0.3 is 10.0 Å². The van der Waals surface area contributed by atoms with Gasteiger partial charge in [-0.2, -0.15) is 0 Å². The van der Waals surface area contributed by atoms with Gasteiger partial charge in [-0.1, -0.05) is 12.8 Å². The Kier molecular flexibility index (Phi) is 3.33. The van der Waals surface area contributed by atoms with Crippen LogP contribution >= 0.6 is 0 Å². The van der Waals surface area contributed by atoms with Crippen molar-refractivity contribution in [3.05, 3.63) is 0 Å². The first-order valence-corrected chi connectivity index (χ1v) is 6.13. The average molecular weight is 207 g/mol. The van der Waals surface area contributed by atoms with Crippen LogP contribution in [0.4, 0.5) is 0 Å². The standard InChI is InChI=1S/C13H21NO/c1-2-3-9-14-10-8-13(15)7-5-4-6-12(13)11-14/h1,12,15H,3-11H2. The Balaban J connectivity index is 1.90. The Morgan fingerprint density at radius 3 is 3.07 bits per heavy atom. The SMILES string of the molecule is C#CCCN1CCC2(O)CCCCC2C1. The zero-order valence-corrected chi connectivity index (χ0v) is 9.41. The molecule has 0 radical (unpaired) electrons. The molecule has 1 aliphatic heterocycles.